The lowest BCUT2D eigenvalue weighted by Crippen LogP contribution is -2.35. The topological polar surface area (TPSA) is 60.5 Å². The maximum atomic E-state index is 11.8. The Balaban J connectivity index is 1.98. The molecule has 6 heteroatoms. The summed E-state index contributed by atoms with van der Waals surface area (Å²) in [5, 5.41) is 6.02. The van der Waals surface area contributed by atoms with Crippen molar-refractivity contribution in [3.8, 4) is 0 Å². The molecule has 0 saturated carbocycles. The zero-order valence-corrected chi connectivity index (χ0v) is 11.5. The first-order valence-corrected chi connectivity index (χ1v) is 6.93. The summed E-state index contributed by atoms with van der Waals surface area (Å²) in [4.78, 5) is 16.1. The predicted molar refractivity (Wildman–Crippen MR) is 68.6 cm³/mol. The van der Waals surface area contributed by atoms with Crippen LogP contribution >= 0.6 is 11.3 Å². The van der Waals surface area contributed by atoms with E-state index in [-0.39, 0.29) is 12.1 Å². The second-order valence-corrected chi connectivity index (χ2v) is 5.35. The number of carbonyl (C=O) groups excluding carboxylic acids is 1. The molecule has 1 aliphatic heterocycles. The maximum Gasteiger partial charge on any atom is 0.329 e. The number of thiazole rings is 1. The van der Waals surface area contributed by atoms with Gasteiger partial charge < -0.3 is 9.47 Å². The first kappa shape index (κ1) is 13.5. The van der Waals surface area contributed by atoms with Gasteiger partial charge in [0.25, 0.3) is 0 Å². The Labute approximate surface area is 111 Å². The zero-order chi connectivity index (χ0) is 13.0. The van der Waals surface area contributed by atoms with Gasteiger partial charge in [0.2, 0.25) is 0 Å². The maximum absolute atomic E-state index is 11.8. The number of nitrogens with zero attached hydrogens (tertiary/aromatic N) is 1. The fourth-order valence-electron chi connectivity index (χ4n) is 1.99. The number of nitrogens with one attached hydrogen (secondary N) is 1. The van der Waals surface area contributed by atoms with Gasteiger partial charge in [-0.25, -0.2) is 9.78 Å². The molecule has 0 radical (unpaired) electrons. The largest absolute Gasteiger partial charge is 0.468 e. The van der Waals surface area contributed by atoms with Crippen LogP contribution in [0, 0.1) is 6.92 Å². The Kier molecular flexibility index (Phi) is 4.68. The average molecular weight is 270 g/mol. The van der Waals surface area contributed by atoms with Crippen molar-refractivity contribution in [3.05, 3.63) is 16.1 Å². The van der Waals surface area contributed by atoms with Gasteiger partial charge in [-0.15, -0.1) is 11.3 Å². The fraction of sp³-hybridized carbons (Fsp3) is 0.667. The lowest BCUT2D eigenvalue weighted by molar-refractivity contribution is -0.143. The Morgan fingerprint density at radius 2 is 2.61 bits per heavy atom. The van der Waals surface area contributed by atoms with E-state index >= 15 is 0 Å². The van der Waals surface area contributed by atoms with Gasteiger partial charge in [-0.3, -0.25) is 5.32 Å². The van der Waals surface area contributed by atoms with Gasteiger partial charge >= 0.3 is 5.97 Å². The van der Waals surface area contributed by atoms with E-state index in [0.29, 0.717) is 6.54 Å². The Morgan fingerprint density at radius 1 is 1.78 bits per heavy atom. The smallest absolute Gasteiger partial charge is 0.329 e. The van der Waals surface area contributed by atoms with Crippen molar-refractivity contribution < 1.29 is 14.3 Å². The van der Waals surface area contributed by atoms with Crippen LogP contribution in [0.5, 0.6) is 0 Å². The second kappa shape index (κ2) is 6.26. The van der Waals surface area contributed by atoms with E-state index in [1.807, 2.05) is 12.3 Å². The van der Waals surface area contributed by atoms with Crippen molar-refractivity contribution in [2.24, 2.45) is 0 Å². The molecule has 1 aromatic heterocycles. The highest BCUT2D eigenvalue weighted by atomic mass is 32.1. The van der Waals surface area contributed by atoms with E-state index in [4.69, 9.17) is 9.47 Å². The highest BCUT2D eigenvalue weighted by Gasteiger charge is 2.25. The minimum atomic E-state index is -0.496. The molecular formula is C12H18N2O3S. The number of hydrogen-bond acceptors (Lipinski definition) is 6. The predicted octanol–water partition coefficient (Wildman–Crippen LogP) is 1.43. The molecule has 100 valence electrons. The SMILES string of the molecule is COC(=O)C(NCC1CCCO1)c1csc(C)n1. The molecule has 0 bridgehead atoms. The number of aryl methyl sites for hydroxylation is 1. The molecule has 2 unspecified atom stereocenters. The number of methoxy groups -OCH3 is 1. The number of rotatable bonds is 5. The number of hydrogen-bond donors (Lipinski definition) is 1. The van der Waals surface area contributed by atoms with Crippen LogP contribution in [0.25, 0.3) is 0 Å². The lowest BCUT2D eigenvalue weighted by atomic mass is 10.2. The summed E-state index contributed by atoms with van der Waals surface area (Å²) < 4.78 is 10.3. The average Bonchev–Trinajstić information content (AvgIpc) is 3.01. The summed E-state index contributed by atoms with van der Waals surface area (Å²) in [6.45, 7) is 3.38. The molecule has 2 heterocycles. The summed E-state index contributed by atoms with van der Waals surface area (Å²) in [6, 6.07) is -0.496. The molecule has 1 N–H and O–H groups in total. The summed E-state index contributed by atoms with van der Waals surface area (Å²) in [5.74, 6) is -0.307. The van der Waals surface area contributed by atoms with Gasteiger partial charge in [-0.2, -0.15) is 0 Å². The molecule has 2 atom stereocenters. The third-order valence-electron chi connectivity index (χ3n) is 2.94. The van der Waals surface area contributed by atoms with Crippen molar-refractivity contribution in [3.63, 3.8) is 0 Å². The molecule has 0 spiro atoms. The summed E-state index contributed by atoms with van der Waals surface area (Å²) in [5.41, 5.74) is 0.724. The molecule has 1 aromatic rings. The fourth-order valence-corrected chi connectivity index (χ4v) is 2.63. The minimum absolute atomic E-state index is 0.192. The third-order valence-corrected chi connectivity index (χ3v) is 3.73. The van der Waals surface area contributed by atoms with Crippen LogP contribution in [0.1, 0.15) is 29.6 Å². The molecule has 2 rings (SSSR count). The van der Waals surface area contributed by atoms with Gasteiger partial charge in [0.1, 0.15) is 6.04 Å². The van der Waals surface area contributed by atoms with Crippen LogP contribution in [0.4, 0.5) is 0 Å². The summed E-state index contributed by atoms with van der Waals surface area (Å²) in [6.07, 6.45) is 2.32. The van der Waals surface area contributed by atoms with Crippen LogP contribution in [0.2, 0.25) is 0 Å². The number of ether oxygens (including phenoxy) is 2. The van der Waals surface area contributed by atoms with E-state index in [1.54, 1.807) is 0 Å². The molecule has 1 fully saturated rings. The van der Waals surface area contributed by atoms with Crippen molar-refractivity contribution >= 4 is 17.3 Å². The Morgan fingerprint density at radius 3 is 3.17 bits per heavy atom. The molecule has 0 aliphatic carbocycles. The van der Waals surface area contributed by atoms with E-state index in [9.17, 15) is 4.79 Å². The molecule has 5 nitrogen and oxygen atoms in total. The summed E-state index contributed by atoms with van der Waals surface area (Å²) in [7, 11) is 1.39. The first-order chi connectivity index (χ1) is 8.70. The molecule has 18 heavy (non-hydrogen) atoms. The van der Waals surface area contributed by atoms with Crippen molar-refractivity contribution in [2.75, 3.05) is 20.3 Å². The van der Waals surface area contributed by atoms with E-state index in [1.165, 1.54) is 18.4 Å². The third kappa shape index (κ3) is 3.28. The van der Waals surface area contributed by atoms with Crippen molar-refractivity contribution in [1.29, 1.82) is 0 Å². The molecule has 0 amide bonds. The Bertz CT molecular complexity index is 402. The molecule has 1 saturated heterocycles. The number of aromatic nitrogens is 1. The van der Waals surface area contributed by atoms with Crippen LogP contribution in [0.3, 0.4) is 0 Å². The van der Waals surface area contributed by atoms with Crippen LogP contribution in [-0.4, -0.2) is 37.3 Å². The lowest BCUT2D eigenvalue weighted by Gasteiger charge is -2.17. The normalized spacial score (nSPS) is 20.9. The second-order valence-electron chi connectivity index (χ2n) is 4.29. The first-order valence-electron chi connectivity index (χ1n) is 6.05. The van der Waals surface area contributed by atoms with Gasteiger partial charge in [-0.05, 0) is 19.8 Å². The highest BCUT2D eigenvalue weighted by Crippen LogP contribution is 2.19. The molecule has 1 aliphatic rings. The van der Waals surface area contributed by atoms with Crippen molar-refractivity contribution in [1.82, 2.24) is 10.3 Å². The number of esters is 1. The summed E-state index contributed by atoms with van der Waals surface area (Å²) >= 11 is 1.53. The monoisotopic (exact) mass is 270 g/mol. The standard InChI is InChI=1S/C12H18N2O3S/c1-8-14-10(7-18-8)11(12(15)16-2)13-6-9-4-3-5-17-9/h7,9,11,13H,3-6H2,1-2H3. The van der Waals surface area contributed by atoms with E-state index in [2.05, 4.69) is 10.3 Å². The van der Waals surface area contributed by atoms with Gasteiger partial charge in [-0.1, -0.05) is 0 Å². The van der Waals surface area contributed by atoms with Gasteiger partial charge in [0.15, 0.2) is 0 Å². The molecular weight excluding hydrogens is 252 g/mol. The van der Waals surface area contributed by atoms with Gasteiger partial charge in [0, 0.05) is 18.5 Å². The van der Waals surface area contributed by atoms with Crippen LogP contribution in [-0.2, 0) is 14.3 Å². The molecule has 0 aromatic carbocycles. The quantitative estimate of drug-likeness (QED) is 0.820. The zero-order valence-electron chi connectivity index (χ0n) is 10.6. The number of carbonyl (C=O) groups is 1. The Hall–Kier alpha value is -0.980. The highest BCUT2D eigenvalue weighted by molar-refractivity contribution is 7.09. The van der Waals surface area contributed by atoms with E-state index < -0.39 is 6.04 Å². The minimum Gasteiger partial charge on any atom is -0.468 e. The van der Waals surface area contributed by atoms with Crippen molar-refractivity contribution in [2.45, 2.75) is 31.9 Å². The van der Waals surface area contributed by atoms with E-state index in [0.717, 1.165) is 30.2 Å². The van der Waals surface area contributed by atoms with Crippen LogP contribution < -0.4 is 5.32 Å². The van der Waals surface area contributed by atoms with Gasteiger partial charge in [0.05, 0.1) is 23.9 Å². The van der Waals surface area contributed by atoms with Crippen LogP contribution in [0.15, 0.2) is 5.38 Å².